The normalized spacial score (nSPS) is 12.4. The minimum absolute atomic E-state index is 0.205. The third-order valence-electron chi connectivity index (χ3n) is 2.87. The average molecular weight is 314 g/mol. The van der Waals surface area contributed by atoms with E-state index in [-0.39, 0.29) is 5.56 Å². The van der Waals surface area contributed by atoms with Gasteiger partial charge in [-0.3, -0.25) is 0 Å². The van der Waals surface area contributed by atoms with Crippen LogP contribution in [0.2, 0.25) is 5.02 Å². The fraction of sp³-hybridized carbons (Fsp3) is 0.200. The molecule has 0 aliphatic carbocycles. The lowest BCUT2D eigenvalue weighted by atomic mass is 10.1. The number of nitrogens with two attached hydrogens (primary N) is 1. The van der Waals surface area contributed by atoms with Crippen LogP contribution in [0, 0.1) is 11.6 Å². The lowest BCUT2D eigenvalue weighted by Gasteiger charge is -2.13. The van der Waals surface area contributed by atoms with Crippen molar-refractivity contribution in [2.75, 3.05) is 5.75 Å². The van der Waals surface area contributed by atoms with Gasteiger partial charge in [-0.25, -0.2) is 8.78 Å². The molecule has 2 N–H and O–H groups in total. The molecule has 0 fully saturated rings. The summed E-state index contributed by atoms with van der Waals surface area (Å²) in [5.74, 6) is 0.223. The maximum absolute atomic E-state index is 13.6. The molecule has 0 saturated heterocycles. The minimum Gasteiger partial charge on any atom is -0.323 e. The van der Waals surface area contributed by atoms with Crippen molar-refractivity contribution in [3.8, 4) is 0 Å². The van der Waals surface area contributed by atoms with E-state index in [0.29, 0.717) is 16.5 Å². The highest BCUT2D eigenvalue weighted by Gasteiger charge is 2.13. The Kier molecular flexibility index (Phi) is 5.40. The average Bonchev–Trinajstić information content (AvgIpc) is 2.43. The quantitative estimate of drug-likeness (QED) is 0.876. The number of thioether (sulfide) groups is 1. The fourth-order valence-corrected chi connectivity index (χ4v) is 3.10. The SMILES string of the molecule is NC(CSCc1ccccc1Cl)c1cc(F)ccc1F. The molecule has 0 bridgehead atoms. The summed E-state index contributed by atoms with van der Waals surface area (Å²) in [5.41, 5.74) is 7.12. The highest BCUT2D eigenvalue weighted by atomic mass is 35.5. The molecular formula is C15H14ClF2NS. The Bertz CT molecular complexity index is 592. The Morgan fingerprint density at radius 3 is 2.65 bits per heavy atom. The number of halogens is 3. The zero-order chi connectivity index (χ0) is 14.5. The van der Waals surface area contributed by atoms with Gasteiger partial charge in [0.2, 0.25) is 0 Å². The zero-order valence-electron chi connectivity index (χ0n) is 10.7. The van der Waals surface area contributed by atoms with Gasteiger partial charge in [0.25, 0.3) is 0 Å². The largest absolute Gasteiger partial charge is 0.323 e. The van der Waals surface area contributed by atoms with Gasteiger partial charge in [-0.05, 0) is 29.8 Å². The topological polar surface area (TPSA) is 26.0 Å². The zero-order valence-corrected chi connectivity index (χ0v) is 12.2. The van der Waals surface area contributed by atoms with Crippen LogP contribution in [0.4, 0.5) is 8.78 Å². The van der Waals surface area contributed by atoms with E-state index in [1.165, 1.54) is 11.8 Å². The van der Waals surface area contributed by atoms with Crippen LogP contribution >= 0.6 is 23.4 Å². The summed E-state index contributed by atoms with van der Waals surface area (Å²) in [7, 11) is 0. The summed E-state index contributed by atoms with van der Waals surface area (Å²) < 4.78 is 26.7. The Morgan fingerprint density at radius 2 is 1.90 bits per heavy atom. The van der Waals surface area contributed by atoms with E-state index >= 15 is 0 Å². The van der Waals surface area contributed by atoms with Gasteiger partial charge in [-0.2, -0.15) is 11.8 Å². The van der Waals surface area contributed by atoms with Crippen molar-refractivity contribution >= 4 is 23.4 Å². The van der Waals surface area contributed by atoms with Crippen LogP contribution in [0.25, 0.3) is 0 Å². The summed E-state index contributed by atoms with van der Waals surface area (Å²) in [6.45, 7) is 0. The smallest absolute Gasteiger partial charge is 0.128 e. The van der Waals surface area contributed by atoms with Crippen LogP contribution in [0.3, 0.4) is 0 Å². The van der Waals surface area contributed by atoms with Gasteiger partial charge in [0.15, 0.2) is 0 Å². The van der Waals surface area contributed by atoms with Crippen molar-refractivity contribution in [3.63, 3.8) is 0 Å². The van der Waals surface area contributed by atoms with E-state index in [1.54, 1.807) is 0 Å². The maximum atomic E-state index is 13.6. The van der Waals surface area contributed by atoms with Crippen LogP contribution in [-0.4, -0.2) is 5.75 Å². The molecular weight excluding hydrogens is 300 g/mol. The van der Waals surface area contributed by atoms with Gasteiger partial charge >= 0.3 is 0 Å². The van der Waals surface area contributed by atoms with Crippen molar-refractivity contribution < 1.29 is 8.78 Å². The van der Waals surface area contributed by atoms with Gasteiger partial charge < -0.3 is 5.73 Å². The van der Waals surface area contributed by atoms with Gasteiger partial charge in [-0.15, -0.1) is 0 Å². The summed E-state index contributed by atoms with van der Waals surface area (Å²) in [5, 5.41) is 0.700. The maximum Gasteiger partial charge on any atom is 0.128 e. The Balaban J connectivity index is 1.94. The Morgan fingerprint density at radius 1 is 1.15 bits per heavy atom. The van der Waals surface area contributed by atoms with Crippen LogP contribution in [0.15, 0.2) is 42.5 Å². The first-order valence-electron chi connectivity index (χ1n) is 6.09. The fourth-order valence-electron chi connectivity index (χ4n) is 1.80. The van der Waals surface area contributed by atoms with Crippen molar-refractivity contribution in [2.24, 2.45) is 5.73 Å². The van der Waals surface area contributed by atoms with Crippen molar-refractivity contribution in [3.05, 3.63) is 70.2 Å². The number of benzene rings is 2. The summed E-state index contributed by atoms with van der Waals surface area (Å²) in [4.78, 5) is 0. The van der Waals surface area contributed by atoms with E-state index in [9.17, 15) is 8.78 Å². The molecule has 0 spiro atoms. The van der Waals surface area contributed by atoms with Crippen molar-refractivity contribution in [2.45, 2.75) is 11.8 Å². The molecule has 0 aliphatic heterocycles. The van der Waals surface area contributed by atoms with Crippen LogP contribution < -0.4 is 5.73 Å². The van der Waals surface area contributed by atoms with Gasteiger partial charge in [0.1, 0.15) is 11.6 Å². The number of rotatable bonds is 5. The van der Waals surface area contributed by atoms with Gasteiger partial charge in [0.05, 0.1) is 0 Å². The third kappa shape index (κ3) is 3.95. The summed E-state index contributed by atoms with van der Waals surface area (Å²) in [6.07, 6.45) is 0. The van der Waals surface area contributed by atoms with Crippen molar-refractivity contribution in [1.82, 2.24) is 0 Å². The summed E-state index contributed by atoms with van der Waals surface area (Å²) in [6, 6.07) is 10.3. The molecule has 1 atom stereocenters. The lowest BCUT2D eigenvalue weighted by molar-refractivity contribution is 0.573. The molecule has 0 aliphatic rings. The van der Waals surface area contributed by atoms with E-state index in [0.717, 1.165) is 23.8 Å². The molecule has 0 aromatic heterocycles. The summed E-state index contributed by atoms with van der Waals surface area (Å²) >= 11 is 7.59. The predicted octanol–water partition coefficient (Wildman–Crippen LogP) is 4.55. The second-order valence-electron chi connectivity index (χ2n) is 4.38. The molecule has 2 aromatic rings. The number of hydrogen-bond donors (Lipinski definition) is 1. The first-order valence-corrected chi connectivity index (χ1v) is 7.63. The van der Waals surface area contributed by atoms with Gasteiger partial charge in [-0.1, -0.05) is 29.8 Å². The molecule has 2 rings (SSSR count). The second-order valence-corrected chi connectivity index (χ2v) is 5.82. The van der Waals surface area contributed by atoms with E-state index < -0.39 is 17.7 Å². The van der Waals surface area contributed by atoms with Crippen LogP contribution in [0.1, 0.15) is 17.2 Å². The standard InChI is InChI=1S/C15H14ClF2NS/c16-13-4-2-1-3-10(13)8-20-9-15(19)12-7-11(17)5-6-14(12)18/h1-7,15H,8-9,19H2. The predicted molar refractivity (Wildman–Crippen MR) is 80.9 cm³/mol. The molecule has 0 radical (unpaired) electrons. The Hall–Kier alpha value is -1.10. The monoisotopic (exact) mass is 313 g/mol. The number of hydrogen-bond acceptors (Lipinski definition) is 2. The molecule has 1 nitrogen and oxygen atoms in total. The molecule has 0 saturated carbocycles. The van der Waals surface area contributed by atoms with E-state index in [2.05, 4.69) is 0 Å². The lowest BCUT2D eigenvalue weighted by Crippen LogP contribution is -2.15. The van der Waals surface area contributed by atoms with Crippen LogP contribution in [0.5, 0.6) is 0 Å². The molecule has 5 heteroatoms. The first kappa shape index (κ1) is 15.3. The molecule has 20 heavy (non-hydrogen) atoms. The minimum atomic E-state index is -0.543. The third-order valence-corrected chi connectivity index (χ3v) is 4.35. The second kappa shape index (κ2) is 7.07. The van der Waals surface area contributed by atoms with E-state index in [4.69, 9.17) is 17.3 Å². The van der Waals surface area contributed by atoms with E-state index in [1.807, 2.05) is 24.3 Å². The van der Waals surface area contributed by atoms with Crippen LogP contribution in [-0.2, 0) is 5.75 Å². The molecule has 1 unspecified atom stereocenters. The molecule has 106 valence electrons. The van der Waals surface area contributed by atoms with Gasteiger partial charge in [0, 0.05) is 28.1 Å². The molecule has 0 amide bonds. The van der Waals surface area contributed by atoms with Crippen molar-refractivity contribution in [1.29, 1.82) is 0 Å². The molecule has 0 heterocycles. The highest BCUT2D eigenvalue weighted by molar-refractivity contribution is 7.98. The molecule has 2 aromatic carbocycles. The first-order chi connectivity index (χ1) is 9.58. The Labute approximate surface area is 126 Å². The highest BCUT2D eigenvalue weighted by Crippen LogP contribution is 2.25.